The summed E-state index contributed by atoms with van der Waals surface area (Å²) in [5, 5.41) is 0.199. The lowest BCUT2D eigenvalue weighted by atomic mass is 10.0. The summed E-state index contributed by atoms with van der Waals surface area (Å²) >= 11 is 6.72. The molecule has 0 radical (unpaired) electrons. The van der Waals surface area contributed by atoms with Crippen LogP contribution in [0.4, 0.5) is 0 Å². The van der Waals surface area contributed by atoms with E-state index in [1.807, 2.05) is 60.7 Å². The van der Waals surface area contributed by atoms with E-state index < -0.39 is 12.1 Å². The van der Waals surface area contributed by atoms with Crippen LogP contribution in [-0.4, -0.2) is 35.8 Å². The Bertz CT molecular complexity index is 1240. The number of carbonyl (C=O) groups excluding carboxylic acids is 1. The largest absolute Gasteiger partial charge is 0.489 e. The molecule has 2 aromatic carbocycles. The monoisotopic (exact) mass is 504 g/mol. The van der Waals surface area contributed by atoms with Gasteiger partial charge in [0.1, 0.15) is 17.5 Å². The third-order valence-corrected chi connectivity index (χ3v) is 5.40. The first-order chi connectivity index (χ1) is 17.5. The number of allylic oxidation sites excluding steroid dienone is 2. The van der Waals surface area contributed by atoms with E-state index in [-0.39, 0.29) is 18.4 Å². The van der Waals surface area contributed by atoms with Crippen LogP contribution in [-0.2, 0) is 14.3 Å². The average Bonchev–Trinajstić information content (AvgIpc) is 2.90. The van der Waals surface area contributed by atoms with Crippen LogP contribution in [0.1, 0.15) is 25.6 Å². The zero-order valence-electron chi connectivity index (χ0n) is 20.4. The minimum absolute atomic E-state index is 0.199. The van der Waals surface area contributed by atoms with Gasteiger partial charge in [-0.15, -0.1) is 0 Å². The topological polar surface area (TPSA) is 70.5 Å². The Kier molecular flexibility index (Phi) is 9.98. The quantitative estimate of drug-likeness (QED) is 0.154. The minimum Gasteiger partial charge on any atom is -0.489 e. The van der Waals surface area contributed by atoms with Gasteiger partial charge in [-0.25, -0.2) is 14.8 Å². The van der Waals surface area contributed by atoms with E-state index in [1.54, 1.807) is 26.0 Å². The van der Waals surface area contributed by atoms with Crippen LogP contribution in [0.2, 0.25) is 5.15 Å². The highest BCUT2D eigenvalue weighted by Gasteiger charge is 2.30. The van der Waals surface area contributed by atoms with E-state index >= 15 is 0 Å². The van der Waals surface area contributed by atoms with Gasteiger partial charge in [-0.05, 0) is 37.1 Å². The molecule has 7 heteroatoms. The summed E-state index contributed by atoms with van der Waals surface area (Å²) in [6, 6.07) is 16.7. The summed E-state index contributed by atoms with van der Waals surface area (Å²) in [5.41, 5.74) is 3.18. The van der Waals surface area contributed by atoms with E-state index in [2.05, 4.69) is 18.1 Å². The molecular weight excluding hydrogens is 476 g/mol. The molecule has 1 atom stereocenters. The molecule has 0 fully saturated rings. The number of carbonyl (C=O) groups is 1. The lowest BCUT2D eigenvalue weighted by Gasteiger charge is -2.20. The number of benzene rings is 2. The highest BCUT2D eigenvalue weighted by Crippen LogP contribution is 2.36. The summed E-state index contributed by atoms with van der Waals surface area (Å²) in [6.45, 7) is 11.9. The van der Waals surface area contributed by atoms with Crippen molar-refractivity contribution >= 4 is 17.6 Å². The molecule has 0 amide bonds. The van der Waals surface area contributed by atoms with E-state index in [0.717, 1.165) is 11.1 Å². The van der Waals surface area contributed by atoms with Gasteiger partial charge in [-0.3, -0.25) is 0 Å². The van der Waals surface area contributed by atoms with E-state index in [0.29, 0.717) is 35.0 Å². The minimum atomic E-state index is -1.07. The Morgan fingerprint density at radius 1 is 1.03 bits per heavy atom. The van der Waals surface area contributed by atoms with Crippen molar-refractivity contribution in [3.8, 4) is 28.3 Å². The van der Waals surface area contributed by atoms with Crippen LogP contribution in [0.25, 0.3) is 22.5 Å². The van der Waals surface area contributed by atoms with Crippen molar-refractivity contribution in [2.45, 2.75) is 20.0 Å². The number of esters is 1. The van der Waals surface area contributed by atoms with Gasteiger partial charge in [-0.1, -0.05) is 85.5 Å². The van der Waals surface area contributed by atoms with Crippen LogP contribution in [0.3, 0.4) is 0 Å². The van der Waals surface area contributed by atoms with Gasteiger partial charge < -0.3 is 14.2 Å². The average molecular weight is 505 g/mol. The van der Waals surface area contributed by atoms with Gasteiger partial charge in [0.2, 0.25) is 0 Å². The smallest absolute Gasteiger partial charge is 0.341 e. The van der Waals surface area contributed by atoms with Crippen LogP contribution in [0, 0.1) is 0 Å². The predicted molar refractivity (Wildman–Crippen MR) is 143 cm³/mol. The Morgan fingerprint density at radius 3 is 2.44 bits per heavy atom. The maximum Gasteiger partial charge on any atom is 0.341 e. The molecule has 0 N–H and O–H groups in total. The second kappa shape index (κ2) is 13.4. The molecule has 0 aliphatic heterocycles. The van der Waals surface area contributed by atoms with Gasteiger partial charge in [0.15, 0.2) is 11.9 Å². The number of aromatic nitrogens is 2. The van der Waals surface area contributed by atoms with Crippen molar-refractivity contribution < 1.29 is 19.0 Å². The number of hydrogen-bond acceptors (Lipinski definition) is 6. The maximum absolute atomic E-state index is 12.9. The number of halogens is 1. The van der Waals surface area contributed by atoms with Crippen LogP contribution in [0.5, 0.6) is 5.75 Å². The number of nitrogens with zero attached hydrogens (tertiary/aromatic N) is 2. The molecule has 1 unspecified atom stereocenters. The molecule has 3 rings (SSSR count). The SMILES string of the molecule is C=C/C=C(\C=C)COc1cccc(-c2nc(Cl)c(-c3ccccc3)c(C(OCC)C(=O)OCC)n2)c1. The number of rotatable bonds is 12. The molecule has 186 valence electrons. The predicted octanol–water partition coefficient (Wildman–Crippen LogP) is 6.78. The zero-order valence-corrected chi connectivity index (χ0v) is 21.2. The van der Waals surface area contributed by atoms with Crippen molar-refractivity contribution in [2.75, 3.05) is 19.8 Å². The van der Waals surface area contributed by atoms with E-state index in [9.17, 15) is 4.79 Å². The third-order valence-electron chi connectivity index (χ3n) is 5.13. The van der Waals surface area contributed by atoms with Crippen LogP contribution in [0.15, 0.2) is 91.6 Å². The third kappa shape index (κ3) is 6.68. The highest BCUT2D eigenvalue weighted by atomic mass is 35.5. The van der Waals surface area contributed by atoms with Gasteiger partial charge >= 0.3 is 5.97 Å². The molecule has 0 saturated heterocycles. The first-order valence-electron chi connectivity index (χ1n) is 11.6. The van der Waals surface area contributed by atoms with Crippen LogP contribution < -0.4 is 4.74 Å². The molecule has 0 saturated carbocycles. The molecule has 0 aliphatic carbocycles. The van der Waals surface area contributed by atoms with Gasteiger partial charge in [0, 0.05) is 17.7 Å². The van der Waals surface area contributed by atoms with E-state index in [4.69, 9.17) is 30.8 Å². The maximum atomic E-state index is 12.9. The second-order valence-electron chi connectivity index (χ2n) is 7.55. The van der Waals surface area contributed by atoms with Gasteiger partial charge in [0.05, 0.1) is 12.3 Å². The number of ether oxygens (including phenoxy) is 3. The van der Waals surface area contributed by atoms with E-state index in [1.165, 1.54) is 0 Å². The molecular formula is C29H29ClN2O4. The number of hydrogen-bond donors (Lipinski definition) is 0. The van der Waals surface area contributed by atoms with Crippen molar-refractivity contribution in [3.05, 3.63) is 102 Å². The summed E-state index contributed by atoms with van der Waals surface area (Å²) < 4.78 is 17.0. The molecule has 0 aliphatic rings. The lowest BCUT2D eigenvalue weighted by Crippen LogP contribution is -2.21. The molecule has 6 nitrogen and oxygen atoms in total. The Labute approximate surface area is 216 Å². The summed E-state index contributed by atoms with van der Waals surface area (Å²) in [6.07, 6.45) is 4.16. The molecule has 3 aromatic rings. The van der Waals surface area contributed by atoms with Crippen molar-refractivity contribution in [1.82, 2.24) is 9.97 Å². The highest BCUT2D eigenvalue weighted by molar-refractivity contribution is 6.32. The normalized spacial score (nSPS) is 12.0. The standard InChI is InChI=1S/C29H29ClN2O4/c1-5-13-20(6-2)19-36-23-17-12-16-22(18-23)28-31-25(26(34-7-3)29(33)35-8-4)24(27(30)32-28)21-14-10-9-11-15-21/h5-6,9-18,26H,1-2,7-8,19H2,3-4H3/b20-13+. The van der Waals surface area contributed by atoms with Gasteiger partial charge in [-0.2, -0.15) is 0 Å². The summed E-state index contributed by atoms with van der Waals surface area (Å²) in [4.78, 5) is 22.2. The fourth-order valence-electron chi connectivity index (χ4n) is 3.50. The summed E-state index contributed by atoms with van der Waals surface area (Å²) in [7, 11) is 0. The Balaban J connectivity index is 2.10. The zero-order chi connectivity index (χ0) is 25.9. The first kappa shape index (κ1) is 26.9. The summed E-state index contributed by atoms with van der Waals surface area (Å²) in [5.74, 6) is 0.407. The Morgan fingerprint density at radius 2 is 1.78 bits per heavy atom. The Hall–Kier alpha value is -3.74. The fraction of sp³-hybridized carbons (Fsp3) is 0.207. The lowest BCUT2D eigenvalue weighted by molar-refractivity contribution is -0.157. The first-order valence-corrected chi connectivity index (χ1v) is 12.0. The molecule has 1 heterocycles. The van der Waals surface area contributed by atoms with Crippen molar-refractivity contribution in [3.63, 3.8) is 0 Å². The van der Waals surface area contributed by atoms with Crippen LogP contribution >= 0.6 is 11.6 Å². The van der Waals surface area contributed by atoms with Gasteiger partial charge in [0.25, 0.3) is 0 Å². The molecule has 0 spiro atoms. The fourth-order valence-corrected chi connectivity index (χ4v) is 3.79. The molecule has 36 heavy (non-hydrogen) atoms. The molecule has 1 aromatic heterocycles. The van der Waals surface area contributed by atoms with Crippen molar-refractivity contribution in [2.24, 2.45) is 0 Å². The molecule has 0 bridgehead atoms. The second-order valence-corrected chi connectivity index (χ2v) is 7.91. The van der Waals surface area contributed by atoms with Crippen molar-refractivity contribution in [1.29, 1.82) is 0 Å².